The summed E-state index contributed by atoms with van der Waals surface area (Å²) in [6, 6.07) is 4.51. The molecule has 1 aromatic rings. The van der Waals surface area contributed by atoms with Crippen LogP contribution in [0.2, 0.25) is 0 Å². The van der Waals surface area contributed by atoms with E-state index in [1.807, 2.05) is 0 Å². The molecule has 0 unspecified atom stereocenters. The van der Waals surface area contributed by atoms with Crippen LogP contribution in [0.4, 0.5) is 5.69 Å². The van der Waals surface area contributed by atoms with Gasteiger partial charge in [0, 0.05) is 23.7 Å². The lowest BCUT2D eigenvalue weighted by atomic mass is 9.93. The Labute approximate surface area is 105 Å². The van der Waals surface area contributed by atoms with Crippen LogP contribution in [0.1, 0.15) is 35.2 Å². The van der Waals surface area contributed by atoms with E-state index in [1.165, 1.54) is 18.2 Å². The lowest BCUT2D eigenvalue weighted by Crippen LogP contribution is -2.39. The molecule has 0 spiro atoms. The maximum Gasteiger partial charge on any atom is 0.270 e. The van der Waals surface area contributed by atoms with Gasteiger partial charge in [-0.3, -0.25) is 14.9 Å². The molecule has 5 nitrogen and oxygen atoms in total. The first-order valence-electron chi connectivity index (χ1n) is 5.83. The van der Waals surface area contributed by atoms with Gasteiger partial charge in [-0.2, -0.15) is 0 Å². The Hall–Kier alpha value is -2.17. The number of hydrogen-bond donors (Lipinski definition) is 1. The molecule has 1 N–H and O–H groups in total. The number of nitrogens with zero attached hydrogens (tertiary/aromatic N) is 1. The number of benzene rings is 1. The smallest absolute Gasteiger partial charge is 0.270 e. The first-order valence-corrected chi connectivity index (χ1v) is 5.83. The van der Waals surface area contributed by atoms with Gasteiger partial charge in [0.25, 0.3) is 11.6 Å². The molecule has 1 aromatic carbocycles. The van der Waals surface area contributed by atoms with Crippen molar-refractivity contribution in [3.63, 3.8) is 0 Å². The van der Waals surface area contributed by atoms with Crippen LogP contribution in [0, 0.1) is 10.1 Å². The molecule has 1 aliphatic carbocycles. The highest BCUT2D eigenvalue weighted by Crippen LogP contribution is 2.21. The molecule has 0 heterocycles. The Balaban J connectivity index is 2.24. The number of nitro benzene ring substituents is 1. The summed E-state index contributed by atoms with van der Waals surface area (Å²) >= 11 is 0. The fourth-order valence-electron chi connectivity index (χ4n) is 1.81. The number of non-ortho nitro benzene ring substituents is 1. The van der Waals surface area contributed by atoms with Crippen LogP contribution in [0.25, 0.3) is 6.08 Å². The standard InChI is InChI=1S/C13H14N2O3/c1-2-9-6-10(8-12(7-9)15(17)18)13(16)14-11-4-3-5-11/h2,6-8,11H,1,3-5H2,(H,14,16). The Morgan fingerprint density at radius 2 is 2.17 bits per heavy atom. The fraction of sp³-hybridized carbons (Fsp3) is 0.308. The first kappa shape index (κ1) is 12.3. The molecule has 1 amide bonds. The molecule has 0 saturated heterocycles. The highest BCUT2D eigenvalue weighted by molar-refractivity contribution is 5.95. The summed E-state index contributed by atoms with van der Waals surface area (Å²) < 4.78 is 0. The van der Waals surface area contributed by atoms with Crippen molar-refractivity contribution in [1.82, 2.24) is 5.32 Å². The highest BCUT2D eigenvalue weighted by Gasteiger charge is 2.21. The largest absolute Gasteiger partial charge is 0.349 e. The van der Waals surface area contributed by atoms with Gasteiger partial charge in [-0.15, -0.1) is 0 Å². The van der Waals surface area contributed by atoms with Crippen LogP contribution < -0.4 is 5.32 Å². The molecule has 0 aromatic heterocycles. The number of nitro groups is 1. The quantitative estimate of drug-likeness (QED) is 0.655. The van der Waals surface area contributed by atoms with Crippen molar-refractivity contribution in [3.05, 3.63) is 46.0 Å². The minimum Gasteiger partial charge on any atom is -0.349 e. The van der Waals surface area contributed by atoms with Crippen LogP contribution in [-0.2, 0) is 0 Å². The zero-order valence-corrected chi connectivity index (χ0v) is 9.89. The molecule has 0 aliphatic heterocycles. The minimum atomic E-state index is -0.507. The second-order valence-corrected chi connectivity index (χ2v) is 4.38. The van der Waals surface area contributed by atoms with E-state index in [2.05, 4.69) is 11.9 Å². The Morgan fingerprint density at radius 3 is 2.67 bits per heavy atom. The summed E-state index contributed by atoms with van der Waals surface area (Å²) in [6.45, 7) is 3.57. The van der Waals surface area contributed by atoms with Crippen LogP contribution in [0.5, 0.6) is 0 Å². The van der Waals surface area contributed by atoms with Gasteiger partial charge < -0.3 is 5.32 Å². The topological polar surface area (TPSA) is 72.2 Å². The monoisotopic (exact) mass is 246 g/mol. The Bertz CT molecular complexity index is 507. The van der Waals surface area contributed by atoms with Gasteiger partial charge in [-0.25, -0.2) is 0 Å². The van der Waals surface area contributed by atoms with Gasteiger partial charge in [0.15, 0.2) is 0 Å². The average molecular weight is 246 g/mol. The van der Waals surface area contributed by atoms with Crippen molar-refractivity contribution in [2.75, 3.05) is 0 Å². The van der Waals surface area contributed by atoms with Crippen molar-refractivity contribution >= 4 is 17.7 Å². The maximum atomic E-state index is 11.9. The number of rotatable bonds is 4. The fourth-order valence-corrected chi connectivity index (χ4v) is 1.81. The molecule has 5 heteroatoms. The van der Waals surface area contributed by atoms with Crippen molar-refractivity contribution in [1.29, 1.82) is 0 Å². The van der Waals surface area contributed by atoms with Crippen molar-refractivity contribution < 1.29 is 9.72 Å². The second-order valence-electron chi connectivity index (χ2n) is 4.38. The predicted octanol–water partition coefficient (Wildman–Crippen LogP) is 2.52. The summed E-state index contributed by atoms with van der Waals surface area (Å²) in [7, 11) is 0. The molecule has 0 atom stereocenters. The molecular weight excluding hydrogens is 232 g/mol. The van der Waals surface area contributed by atoms with Gasteiger partial charge in [0.1, 0.15) is 0 Å². The van der Waals surface area contributed by atoms with Gasteiger partial charge in [0.05, 0.1) is 4.92 Å². The van der Waals surface area contributed by atoms with E-state index in [9.17, 15) is 14.9 Å². The van der Waals surface area contributed by atoms with E-state index in [4.69, 9.17) is 0 Å². The van der Waals surface area contributed by atoms with Crippen LogP contribution >= 0.6 is 0 Å². The first-order chi connectivity index (χ1) is 8.60. The van der Waals surface area contributed by atoms with Crippen LogP contribution in [0.15, 0.2) is 24.8 Å². The molecule has 1 aliphatic rings. The number of hydrogen-bond acceptors (Lipinski definition) is 3. The molecule has 0 radical (unpaired) electrons. The second kappa shape index (κ2) is 5.00. The average Bonchev–Trinajstić information content (AvgIpc) is 2.32. The van der Waals surface area contributed by atoms with E-state index in [0.717, 1.165) is 19.3 Å². The van der Waals surface area contributed by atoms with Crippen molar-refractivity contribution in [2.24, 2.45) is 0 Å². The zero-order valence-electron chi connectivity index (χ0n) is 9.89. The molecule has 18 heavy (non-hydrogen) atoms. The molecule has 94 valence electrons. The number of amides is 1. The summed E-state index contributed by atoms with van der Waals surface area (Å²) in [5.41, 5.74) is 0.792. The third kappa shape index (κ3) is 2.56. The third-order valence-electron chi connectivity index (χ3n) is 3.09. The molecule has 0 bridgehead atoms. The summed E-state index contributed by atoms with van der Waals surface area (Å²) in [5.74, 6) is -0.258. The molecule has 2 rings (SSSR count). The minimum absolute atomic E-state index is 0.0915. The van der Waals surface area contributed by atoms with Crippen molar-refractivity contribution in [3.8, 4) is 0 Å². The van der Waals surface area contributed by atoms with E-state index in [1.54, 1.807) is 6.07 Å². The lowest BCUT2D eigenvalue weighted by molar-refractivity contribution is -0.384. The lowest BCUT2D eigenvalue weighted by Gasteiger charge is -2.26. The molecular formula is C13H14N2O3. The van der Waals surface area contributed by atoms with E-state index in [-0.39, 0.29) is 17.6 Å². The van der Waals surface area contributed by atoms with Crippen LogP contribution in [0.3, 0.4) is 0 Å². The molecule has 1 saturated carbocycles. The van der Waals surface area contributed by atoms with Crippen molar-refractivity contribution in [2.45, 2.75) is 25.3 Å². The highest BCUT2D eigenvalue weighted by atomic mass is 16.6. The summed E-state index contributed by atoms with van der Waals surface area (Å²) in [5, 5.41) is 13.6. The number of carbonyl (C=O) groups is 1. The maximum absolute atomic E-state index is 11.9. The summed E-state index contributed by atoms with van der Waals surface area (Å²) in [4.78, 5) is 22.2. The Morgan fingerprint density at radius 1 is 1.44 bits per heavy atom. The van der Waals surface area contributed by atoms with E-state index in [0.29, 0.717) is 11.1 Å². The van der Waals surface area contributed by atoms with E-state index < -0.39 is 4.92 Å². The van der Waals surface area contributed by atoms with Gasteiger partial charge in [-0.05, 0) is 30.9 Å². The van der Waals surface area contributed by atoms with Gasteiger partial charge in [0.2, 0.25) is 0 Å². The number of nitrogens with one attached hydrogen (secondary N) is 1. The predicted molar refractivity (Wildman–Crippen MR) is 68.3 cm³/mol. The summed E-state index contributed by atoms with van der Waals surface area (Å²) in [6.07, 6.45) is 4.58. The van der Waals surface area contributed by atoms with E-state index >= 15 is 0 Å². The van der Waals surface area contributed by atoms with Gasteiger partial charge in [-0.1, -0.05) is 12.7 Å². The Kier molecular flexibility index (Phi) is 3.41. The number of carbonyl (C=O) groups excluding carboxylic acids is 1. The normalized spacial score (nSPS) is 14.7. The van der Waals surface area contributed by atoms with Crippen LogP contribution in [-0.4, -0.2) is 16.9 Å². The SMILES string of the molecule is C=Cc1cc(C(=O)NC2CCC2)cc([N+](=O)[O-])c1. The molecule has 1 fully saturated rings. The van der Waals surface area contributed by atoms with Gasteiger partial charge >= 0.3 is 0 Å². The third-order valence-corrected chi connectivity index (χ3v) is 3.09. The zero-order chi connectivity index (χ0) is 13.1.